The number of nitrogens with zero attached hydrogens (tertiary/aromatic N) is 1. The minimum absolute atomic E-state index is 0.0738. The molecule has 2 aliphatic rings. The number of Topliss-reactive ketones (excluding diaryl/α,β-unsaturated/α-hetero) is 1. The lowest BCUT2D eigenvalue weighted by atomic mass is 10.1. The Bertz CT molecular complexity index is 711. The summed E-state index contributed by atoms with van der Waals surface area (Å²) in [7, 11) is -3.71. The van der Waals surface area contributed by atoms with Crippen molar-refractivity contribution in [1.82, 2.24) is 0 Å². The molecule has 0 aromatic heterocycles. The molecule has 106 valence electrons. The fourth-order valence-electron chi connectivity index (χ4n) is 2.75. The average molecular weight is 294 g/mol. The highest BCUT2D eigenvalue weighted by molar-refractivity contribution is 7.89. The Morgan fingerprint density at radius 3 is 2.60 bits per heavy atom. The van der Waals surface area contributed by atoms with Crippen molar-refractivity contribution in [3.05, 3.63) is 29.3 Å². The highest BCUT2D eigenvalue weighted by Gasteiger charge is 2.37. The topological polar surface area (TPSA) is 97.5 Å². The van der Waals surface area contributed by atoms with Crippen LogP contribution >= 0.6 is 0 Å². The fraction of sp³-hybridized carbons (Fsp3) is 0.385. The number of ketones is 1. The molecule has 3 rings (SSSR count). The van der Waals surface area contributed by atoms with Gasteiger partial charge >= 0.3 is 0 Å². The standard InChI is InChI=1S/C13H14N2O4S/c14-20(18,19)10-6-13(17)15(7-10)9-2-3-11-8(5-9)1-4-12(11)16/h2-3,5,10H,1,4,6-7H2,(H2,14,18,19). The number of primary sulfonamides is 1. The van der Waals surface area contributed by atoms with E-state index in [0.29, 0.717) is 24.1 Å². The quantitative estimate of drug-likeness (QED) is 0.843. The van der Waals surface area contributed by atoms with Gasteiger partial charge in [0.1, 0.15) is 5.25 Å². The van der Waals surface area contributed by atoms with Crippen molar-refractivity contribution >= 4 is 27.4 Å². The largest absolute Gasteiger partial charge is 0.311 e. The molecule has 7 heteroatoms. The Balaban J connectivity index is 1.91. The first-order valence-corrected chi connectivity index (χ1v) is 7.95. The van der Waals surface area contributed by atoms with Crippen molar-refractivity contribution in [1.29, 1.82) is 0 Å². The summed E-state index contributed by atoms with van der Waals surface area (Å²) in [4.78, 5) is 24.9. The third kappa shape index (κ3) is 2.12. The predicted octanol–water partition coefficient (Wildman–Crippen LogP) is 0.209. The van der Waals surface area contributed by atoms with Gasteiger partial charge in [0.2, 0.25) is 15.9 Å². The van der Waals surface area contributed by atoms with E-state index in [2.05, 4.69) is 0 Å². The average Bonchev–Trinajstić information content (AvgIpc) is 2.93. The van der Waals surface area contributed by atoms with Crippen molar-refractivity contribution in [3.63, 3.8) is 0 Å². The van der Waals surface area contributed by atoms with Crippen LogP contribution in [0.25, 0.3) is 0 Å². The SMILES string of the molecule is NS(=O)(=O)C1CC(=O)N(c2ccc3c(c2)CCC3=O)C1. The second kappa shape index (κ2) is 4.39. The number of carbonyl (C=O) groups is 2. The molecular weight excluding hydrogens is 280 g/mol. The van der Waals surface area contributed by atoms with Gasteiger partial charge in [-0.25, -0.2) is 13.6 Å². The van der Waals surface area contributed by atoms with E-state index in [1.807, 2.05) is 0 Å². The van der Waals surface area contributed by atoms with Gasteiger partial charge in [-0.3, -0.25) is 9.59 Å². The molecule has 0 spiro atoms. The van der Waals surface area contributed by atoms with Crippen molar-refractivity contribution in [2.45, 2.75) is 24.5 Å². The van der Waals surface area contributed by atoms with Crippen LogP contribution in [0, 0.1) is 0 Å². The summed E-state index contributed by atoms with van der Waals surface area (Å²) in [6.07, 6.45) is 1.07. The number of rotatable bonds is 2. The third-order valence-corrected chi connectivity index (χ3v) is 5.12. The van der Waals surface area contributed by atoms with Gasteiger partial charge in [-0.05, 0) is 30.2 Å². The van der Waals surface area contributed by atoms with Crippen molar-refractivity contribution in [2.24, 2.45) is 5.14 Å². The van der Waals surface area contributed by atoms with Gasteiger partial charge < -0.3 is 4.90 Å². The molecule has 1 aromatic rings. The second-order valence-electron chi connectivity index (χ2n) is 5.18. The molecule has 1 saturated heterocycles. The minimum Gasteiger partial charge on any atom is -0.311 e. The summed E-state index contributed by atoms with van der Waals surface area (Å²) >= 11 is 0. The molecular formula is C13H14N2O4S. The Hall–Kier alpha value is -1.73. The maximum Gasteiger partial charge on any atom is 0.228 e. The number of aryl methyl sites for hydroxylation is 1. The Morgan fingerprint density at radius 1 is 1.20 bits per heavy atom. The number of hydrogen-bond acceptors (Lipinski definition) is 4. The fourth-order valence-corrected chi connectivity index (χ4v) is 3.49. The van der Waals surface area contributed by atoms with E-state index in [-0.39, 0.29) is 24.7 Å². The number of amides is 1. The second-order valence-corrected chi connectivity index (χ2v) is 7.03. The maximum absolute atomic E-state index is 11.9. The summed E-state index contributed by atoms with van der Waals surface area (Å²) < 4.78 is 22.7. The molecule has 0 radical (unpaired) electrons. The number of hydrogen-bond donors (Lipinski definition) is 1. The molecule has 2 N–H and O–H groups in total. The number of benzene rings is 1. The Morgan fingerprint density at radius 2 is 1.95 bits per heavy atom. The van der Waals surface area contributed by atoms with Crippen LogP contribution in [0.5, 0.6) is 0 Å². The van der Waals surface area contributed by atoms with E-state index < -0.39 is 15.3 Å². The highest BCUT2D eigenvalue weighted by Crippen LogP contribution is 2.30. The molecule has 1 amide bonds. The molecule has 0 saturated carbocycles. The van der Waals surface area contributed by atoms with E-state index in [9.17, 15) is 18.0 Å². The van der Waals surface area contributed by atoms with E-state index >= 15 is 0 Å². The normalized spacial score (nSPS) is 22.4. The molecule has 1 atom stereocenters. The van der Waals surface area contributed by atoms with Crippen LogP contribution in [0.3, 0.4) is 0 Å². The molecule has 1 fully saturated rings. The van der Waals surface area contributed by atoms with E-state index in [1.165, 1.54) is 4.90 Å². The molecule has 0 bridgehead atoms. The zero-order valence-electron chi connectivity index (χ0n) is 10.7. The van der Waals surface area contributed by atoms with Crippen LogP contribution in [-0.2, 0) is 21.2 Å². The smallest absolute Gasteiger partial charge is 0.228 e. The lowest BCUT2D eigenvalue weighted by Crippen LogP contribution is -2.32. The molecule has 20 heavy (non-hydrogen) atoms. The van der Waals surface area contributed by atoms with Gasteiger partial charge in [-0.1, -0.05) is 0 Å². The maximum atomic E-state index is 11.9. The van der Waals surface area contributed by atoms with Gasteiger partial charge in [0.15, 0.2) is 5.78 Å². The lowest BCUT2D eigenvalue weighted by Gasteiger charge is -2.17. The first-order valence-electron chi connectivity index (χ1n) is 6.34. The minimum atomic E-state index is -3.71. The number of nitrogens with two attached hydrogens (primary N) is 1. The molecule has 1 aromatic carbocycles. The zero-order chi connectivity index (χ0) is 14.5. The molecule has 1 heterocycles. The van der Waals surface area contributed by atoms with Crippen LogP contribution in [0.1, 0.15) is 28.8 Å². The van der Waals surface area contributed by atoms with Crippen LogP contribution in [-0.4, -0.2) is 31.9 Å². The summed E-state index contributed by atoms with van der Waals surface area (Å²) in [6, 6.07) is 5.19. The summed E-state index contributed by atoms with van der Waals surface area (Å²) in [6.45, 7) is 0.0738. The molecule has 1 aliphatic heterocycles. The van der Waals surface area contributed by atoms with E-state index in [1.54, 1.807) is 18.2 Å². The van der Waals surface area contributed by atoms with Gasteiger partial charge in [0, 0.05) is 30.6 Å². The number of sulfonamides is 1. The van der Waals surface area contributed by atoms with Gasteiger partial charge in [0.25, 0.3) is 0 Å². The van der Waals surface area contributed by atoms with Gasteiger partial charge in [-0.2, -0.15) is 0 Å². The zero-order valence-corrected chi connectivity index (χ0v) is 11.5. The van der Waals surface area contributed by atoms with Gasteiger partial charge in [-0.15, -0.1) is 0 Å². The predicted molar refractivity (Wildman–Crippen MR) is 73.0 cm³/mol. The highest BCUT2D eigenvalue weighted by atomic mass is 32.2. The van der Waals surface area contributed by atoms with E-state index in [4.69, 9.17) is 5.14 Å². The van der Waals surface area contributed by atoms with Crippen LogP contribution < -0.4 is 10.0 Å². The summed E-state index contributed by atoms with van der Waals surface area (Å²) in [5, 5.41) is 4.24. The van der Waals surface area contributed by atoms with Crippen LogP contribution in [0.15, 0.2) is 18.2 Å². The van der Waals surface area contributed by atoms with Gasteiger partial charge in [0.05, 0.1) is 0 Å². The summed E-state index contributed by atoms with van der Waals surface area (Å²) in [5.74, 6) is -0.144. The van der Waals surface area contributed by atoms with Crippen molar-refractivity contribution < 1.29 is 18.0 Å². The van der Waals surface area contributed by atoms with E-state index in [0.717, 1.165) is 5.56 Å². The number of fused-ring (bicyclic) bond motifs is 1. The summed E-state index contributed by atoms with van der Waals surface area (Å²) in [5.41, 5.74) is 2.25. The molecule has 1 aliphatic carbocycles. The van der Waals surface area contributed by atoms with Crippen LogP contribution in [0.2, 0.25) is 0 Å². The number of anilines is 1. The Kier molecular flexibility index (Phi) is 2.91. The first kappa shape index (κ1) is 13.3. The molecule has 1 unspecified atom stereocenters. The Labute approximate surface area is 116 Å². The monoisotopic (exact) mass is 294 g/mol. The third-order valence-electron chi connectivity index (χ3n) is 3.88. The first-order chi connectivity index (χ1) is 9.36. The number of carbonyl (C=O) groups excluding carboxylic acids is 2. The van der Waals surface area contributed by atoms with Crippen molar-refractivity contribution in [3.8, 4) is 0 Å². The lowest BCUT2D eigenvalue weighted by molar-refractivity contribution is -0.117. The van der Waals surface area contributed by atoms with Crippen molar-refractivity contribution in [2.75, 3.05) is 11.4 Å². The molecule has 6 nitrogen and oxygen atoms in total. The van der Waals surface area contributed by atoms with Crippen LogP contribution in [0.4, 0.5) is 5.69 Å².